The number of nitrogens with zero attached hydrogens (tertiary/aromatic N) is 2. The number of anilines is 1. The van der Waals surface area contributed by atoms with Crippen molar-refractivity contribution >= 4 is 44.5 Å². The van der Waals surface area contributed by atoms with Gasteiger partial charge in [-0.25, -0.2) is 9.78 Å². The first-order chi connectivity index (χ1) is 11.9. The van der Waals surface area contributed by atoms with Gasteiger partial charge in [-0.3, -0.25) is 4.79 Å². The van der Waals surface area contributed by atoms with Crippen LogP contribution in [0.15, 0.2) is 34.9 Å². The minimum absolute atomic E-state index is 0.00214. The molecule has 1 aliphatic carbocycles. The lowest BCUT2D eigenvalue weighted by molar-refractivity contribution is -0.121. The molecule has 2 aromatic rings. The number of hydrogen-bond donors (Lipinski definition) is 2. The monoisotopic (exact) mass is 405 g/mol. The predicted octanol–water partition coefficient (Wildman–Crippen LogP) is 4.10. The highest BCUT2D eigenvalue weighted by Gasteiger charge is 2.30. The molecule has 2 amide bonds. The van der Waals surface area contributed by atoms with E-state index in [1.807, 2.05) is 24.3 Å². The molecule has 0 unspecified atom stereocenters. The molecule has 2 N–H and O–H groups in total. The molecule has 1 aromatic carbocycles. The maximum absolute atomic E-state index is 12.5. The number of fused-ring (bicyclic) bond motifs is 1. The summed E-state index contributed by atoms with van der Waals surface area (Å²) in [6.07, 6.45) is 3.62. The van der Waals surface area contributed by atoms with Crippen LogP contribution in [0.3, 0.4) is 0 Å². The quantitative estimate of drug-likeness (QED) is 0.804. The van der Waals surface area contributed by atoms with Gasteiger partial charge in [-0.15, -0.1) is 0 Å². The Hall–Kier alpha value is -2.15. The maximum Gasteiger partial charge on any atom is 0.407 e. The van der Waals surface area contributed by atoms with Crippen molar-refractivity contribution in [2.24, 2.45) is 5.92 Å². The standard InChI is InChI=1S/C18H20BrN3O3/c1-22(18(24)25)15-6-3-11(4-7-15)17(23)21-16-9-13-8-14(19)5-2-12(13)10-20-16/h2,5,8-11,15H,3-4,6-7H2,1H3,(H,24,25)(H,20,21,23). The number of hydrogen-bond acceptors (Lipinski definition) is 3. The topological polar surface area (TPSA) is 82.5 Å². The highest BCUT2D eigenvalue weighted by Crippen LogP contribution is 2.28. The molecule has 1 saturated carbocycles. The van der Waals surface area contributed by atoms with Crippen molar-refractivity contribution in [1.29, 1.82) is 0 Å². The summed E-state index contributed by atoms with van der Waals surface area (Å²) in [6, 6.07) is 7.77. The number of nitrogens with one attached hydrogen (secondary N) is 1. The summed E-state index contributed by atoms with van der Waals surface area (Å²) < 4.78 is 0.976. The van der Waals surface area contributed by atoms with Gasteiger partial charge in [-0.1, -0.05) is 22.0 Å². The molecule has 0 spiro atoms. The average molecular weight is 406 g/mol. The molecular formula is C18H20BrN3O3. The number of rotatable bonds is 3. The Morgan fingerprint density at radius 3 is 2.60 bits per heavy atom. The molecule has 0 aliphatic heterocycles. The highest BCUT2D eigenvalue weighted by molar-refractivity contribution is 9.10. The summed E-state index contributed by atoms with van der Waals surface area (Å²) in [5, 5.41) is 14.0. The molecule has 1 aliphatic rings. The van der Waals surface area contributed by atoms with Gasteiger partial charge in [0.2, 0.25) is 5.91 Å². The van der Waals surface area contributed by atoms with Crippen molar-refractivity contribution in [1.82, 2.24) is 9.88 Å². The summed E-state index contributed by atoms with van der Waals surface area (Å²) in [6.45, 7) is 0. The smallest absolute Gasteiger partial charge is 0.407 e. The van der Waals surface area contributed by atoms with Crippen LogP contribution in [0, 0.1) is 5.92 Å². The van der Waals surface area contributed by atoms with Gasteiger partial charge in [-0.05, 0) is 49.3 Å². The fourth-order valence-electron chi connectivity index (χ4n) is 3.29. The van der Waals surface area contributed by atoms with E-state index in [4.69, 9.17) is 5.11 Å². The fraction of sp³-hybridized carbons (Fsp3) is 0.389. The number of carbonyl (C=O) groups excluding carboxylic acids is 1. The van der Waals surface area contributed by atoms with Gasteiger partial charge in [0.25, 0.3) is 0 Å². The fourth-order valence-corrected chi connectivity index (χ4v) is 3.67. The number of halogens is 1. The normalized spacial score (nSPS) is 20.2. The Kier molecular flexibility index (Phi) is 5.22. The second kappa shape index (κ2) is 7.39. The highest BCUT2D eigenvalue weighted by atomic mass is 79.9. The summed E-state index contributed by atoms with van der Waals surface area (Å²) in [5.74, 6) is 0.400. The largest absolute Gasteiger partial charge is 0.465 e. The number of pyridine rings is 1. The Balaban J connectivity index is 1.62. The van der Waals surface area contributed by atoms with Crippen molar-refractivity contribution in [3.8, 4) is 0 Å². The molecule has 1 heterocycles. The van der Waals surface area contributed by atoms with Gasteiger partial charge >= 0.3 is 6.09 Å². The first kappa shape index (κ1) is 17.7. The zero-order chi connectivity index (χ0) is 18.0. The molecule has 0 radical (unpaired) electrons. The lowest BCUT2D eigenvalue weighted by Crippen LogP contribution is -2.40. The first-order valence-corrected chi connectivity index (χ1v) is 9.05. The van der Waals surface area contributed by atoms with Crippen LogP contribution >= 0.6 is 15.9 Å². The third kappa shape index (κ3) is 4.10. The van der Waals surface area contributed by atoms with Crippen molar-refractivity contribution in [2.45, 2.75) is 31.7 Å². The zero-order valence-corrected chi connectivity index (χ0v) is 15.5. The Labute approximate surface area is 154 Å². The number of aromatic nitrogens is 1. The van der Waals surface area contributed by atoms with E-state index >= 15 is 0 Å². The van der Waals surface area contributed by atoms with E-state index in [0.29, 0.717) is 31.5 Å². The third-order valence-electron chi connectivity index (χ3n) is 4.85. The van der Waals surface area contributed by atoms with Crippen LogP contribution in [0.25, 0.3) is 10.8 Å². The van der Waals surface area contributed by atoms with Crippen LogP contribution in [0.2, 0.25) is 0 Å². The van der Waals surface area contributed by atoms with Gasteiger partial charge in [0.05, 0.1) is 0 Å². The minimum Gasteiger partial charge on any atom is -0.465 e. The van der Waals surface area contributed by atoms with Crippen molar-refractivity contribution < 1.29 is 14.7 Å². The van der Waals surface area contributed by atoms with Gasteiger partial charge in [0.1, 0.15) is 5.82 Å². The van der Waals surface area contributed by atoms with Crippen molar-refractivity contribution in [3.05, 3.63) is 34.9 Å². The predicted molar refractivity (Wildman–Crippen MR) is 99.6 cm³/mol. The zero-order valence-electron chi connectivity index (χ0n) is 13.9. The van der Waals surface area contributed by atoms with Crippen LogP contribution in [-0.4, -0.2) is 40.1 Å². The lowest BCUT2D eigenvalue weighted by Gasteiger charge is -2.32. The van der Waals surface area contributed by atoms with Crippen LogP contribution in [0.1, 0.15) is 25.7 Å². The van der Waals surface area contributed by atoms with Gasteiger partial charge in [0.15, 0.2) is 0 Å². The van der Waals surface area contributed by atoms with Gasteiger partial charge < -0.3 is 15.3 Å². The molecule has 6 nitrogen and oxygen atoms in total. The third-order valence-corrected chi connectivity index (χ3v) is 5.35. The number of carbonyl (C=O) groups is 2. The number of carboxylic acid groups (broad SMARTS) is 1. The van der Waals surface area contributed by atoms with E-state index in [2.05, 4.69) is 26.2 Å². The molecule has 1 aromatic heterocycles. The molecule has 25 heavy (non-hydrogen) atoms. The van der Waals surface area contributed by atoms with E-state index in [1.165, 1.54) is 4.90 Å². The Bertz CT molecular complexity index is 803. The van der Waals surface area contributed by atoms with E-state index in [-0.39, 0.29) is 17.9 Å². The summed E-state index contributed by atoms with van der Waals surface area (Å²) in [7, 11) is 1.59. The molecule has 0 saturated heterocycles. The van der Waals surface area contributed by atoms with Crippen LogP contribution in [-0.2, 0) is 4.79 Å². The van der Waals surface area contributed by atoms with E-state index in [0.717, 1.165) is 15.2 Å². The van der Waals surface area contributed by atoms with E-state index in [9.17, 15) is 9.59 Å². The number of benzene rings is 1. The minimum atomic E-state index is -0.917. The van der Waals surface area contributed by atoms with Crippen LogP contribution in [0.5, 0.6) is 0 Å². The Morgan fingerprint density at radius 2 is 1.92 bits per heavy atom. The first-order valence-electron chi connectivity index (χ1n) is 8.26. The summed E-state index contributed by atoms with van der Waals surface area (Å²) in [5.41, 5.74) is 0. The molecule has 1 fully saturated rings. The summed E-state index contributed by atoms with van der Waals surface area (Å²) >= 11 is 3.44. The van der Waals surface area contributed by atoms with Gasteiger partial charge in [0, 0.05) is 35.1 Å². The van der Waals surface area contributed by atoms with Crippen molar-refractivity contribution in [3.63, 3.8) is 0 Å². The van der Waals surface area contributed by atoms with Crippen molar-refractivity contribution in [2.75, 3.05) is 12.4 Å². The van der Waals surface area contributed by atoms with E-state index in [1.54, 1.807) is 13.2 Å². The Morgan fingerprint density at radius 1 is 1.20 bits per heavy atom. The second-order valence-corrected chi connectivity index (χ2v) is 7.36. The molecule has 3 rings (SSSR count). The SMILES string of the molecule is CN(C(=O)O)C1CCC(C(=O)Nc2cc3cc(Br)ccc3cn2)CC1. The van der Waals surface area contributed by atoms with Crippen LogP contribution < -0.4 is 5.32 Å². The average Bonchev–Trinajstić information content (AvgIpc) is 2.60. The van der Waals surface area contributed by atoms with E-state index < -0.39 is 6.09 Å². The number of amides is 2. The van der Waals surface area contributed by atoms with Gasteiger partial charge in [-0.2, -0.15) is 0 Å². The lowest BCUT2D eigenvalue weighted by atomic mass is 9.85. The second-order valence-electron chi connectivity index (χ2n) is 6.45. The molecule has 7 heteroatoms. The van der Waals surface area contributed by atoms with Crippen LogP contribution in [0.4, 0.5) is 10.6 Å². The maximum atomic E-state index is 12.5. The molecular weight excluding hydrogens is 386 g/mol. The molecule has 0 atom stereocenters. The summed E-state index contributed by atoms with van der Waals surface area (Å²) in [4.78, 5) is 29.2. The molecule has 132 valence electrons. The molecule has 0 bridgehead atoms.